The molecule has 1 heterocycles. The molecule has 1 aliphatic heterocycles. The zero-order valence-corrected chi connectivity index (χ0v) is 15.5. The molecule has 1 aromatic carbocycles. The minimum atomic E-state index is -4.20. The Bertz CT molecular complexity index is 468. The largest absolute Gasteiger partial charge is 0.390 e. The van der Waals surface area contributed by atoms with Gasteiger partial charge in [0.15, 0.2) is 0 Å². The number of piperazine rings is 1. The number of halogens is 7. The number of alkyl halides is 3. The molecule has 1 aliphatic rings. The van der Waals surface area contributed by atoms with Crippen molar-refractivity contribution in [3.05, 3.63) is 33.3 Å². The highest BCUT2D eigenvalue weighted by Gasteiger charge is 2.36. The third kappa shape index (κ3) is 6.42. The summed E-state index contributed by atoms with van der Waals surface area (Å²) in [6.45, 7) is 2.63. The molecule has 0 amide bonds. The van der Waals surface area contributed by atoms with Gasteiger partial charge in [0, 0.05) is 41.7 Å². The number of hydrogen-bond acceptors (Lipinski definition) is 2. The topological polar surface area (TPSA) is 15.3 Å². The monoisotopic (exact) mass is 442 g/mol. The van der Waals surface area contributed by atoms with Gasteiger partial charge in [0.1, 0.15) is 0 Å². The van der Waals surface area contributed by atoms with Gasteiger partial charge in [-0.3, -0.25) is 4.90 Å². The van der Waals surface area contributed by atoms with Crippen LogP contribution < -0.4 is 5.32 Å². The van der Waals surface area contributed by atoms with Crippen LogP contribution in [0.3, 0.4) is 0 Å². The molecule has 0 spiro atoms. The highest BCUT2D eigenvalue weighted by Crippen LogP contribution is 2.37. The van der Waals surface area contributed by atoms with Crippen molar-refractivity contribution in [2.75, 3.05) is 26.2 Å². The normalized spacial score (nSPS) is 17.3. The van der Waals surface area contributed by atoms with Crippen LogP contribution in [0.1, 0.15) is 18.0 Å². The summed E-state index contributed by atoms with van der Waals surface area (Å²) >= 11 is 9.19. The van der Waals surface area contributed by atoms with E-state index in [4.69, 9.17) is 11.6 Å². The summed E-state index contributed by atoms with van der Waals surface area (Å²) in [5.41, 5.74) is 0.633. The number of hydrogen-bond donors (Lipinski definition) is 1. The summed E-state index contributed by atoms with van der Waals surface area (Å²) in [4.78, 5) is 1.87. The van der Waals surface area contributed by atoms with Gasteiger partial charge < -0.3 is 5.32 Å². The van der Waals surface area contributed by atoms with Crippen molar-refractivity contribution in [1.29, 1.82) is 0 Å². The van der Waals surface area contributed by atoms with Gasteiger partial charge in [-0.25, -0.2) is 0 Å². The van der Waals surface area contributed by atoms with Crippen LogP contribution >= 0.6 is 52.3 Å². The average molecular weight is 445 g/mol. The molecule has 0 aliphatic carbocycles. The third-order valence-corrected chi connectivity index (χ3v) is 4.26. The SMILES string of the molecule is Cl.Cl.FC(F)(F)C[C@H](c1ccc(Cl)cc1Br)N1CCNCC1. The molecule has 9 heteroatoms. The van der Waals surface area contributed by atoms with Crippen molar-refractivity contribution >= 4 is 52.3 Å². The van der Waals surface area contributed by atoms with E-state index in [-0.39, 0.29) is 24.8 Å². The Balaban J connectivity index is 0.00000220. The van der Waals surface area contributed by atoms with E-state index in [1.807, 2.05) is 4.90 Å². The second-order valence-corrected chi connectivity index (χ2v) is 6.08. The summed E-state index contributed by atoms with van der Waals surface area (Å²) in [5, 5.41) is 3.66. The van der Waals surface area contributed by atoms with Crippen LogP contribution in [0.5, 0.6) is 0 Å². The van der Waals surface area contributed by atoms with E-state index in [1.165, 1.54) is 0 Å². The maximum Gasteiger partial charge on any atom is 0.390 e. The van der Waals surface area contributed by atoms with Crippen molar-refractivity contribution in [2.24, 2.45) is 0 Å². The fourth-order valence-corrected chi connectivity index (χ4v) is 3.37. The van der Waals surface area contributed by atoms with E-state index in [1.54, 1.807) is 18.2 Å². The molecule has 1 atom stereocenters. The molecule has 1 fully saturated rings. The quantitative estimate of drug-likeness (QED) is 0.718. The molecule has 0 unspecified atom stereocenters. The Hall–Kier alpha value is 0.280. The van der Waals surface area contributed by atoms with Gasteiger partial charge in [-0.2, -0.15) is 13.2 Å². The van der Waals surface area contributed by atoms with Gasteiger partial charge in [0.25, 0.3) is 0 Å². The van der Waals surface area contributed by atoms with Crippen molar-refractivity contribution in [3.8, 4) is 0 Å². The average Bonchev–Trinajstić information content (AvgIpc) is 2.36. The highest BCUT2D eigenvalue weighted by atomic mass is 79.9. The van der Waals surface area contributed by atoms with Gasteiger partial charge in [0.2, 0.25) is 0 Å². The molecule has 2 nitrogen and oxygen atoms in total. The van der Waals surface area contributed by atoms with Crippen LogP contribution in [0, 0.1) is 0 Å². The molecule has 128 valence electrons. The van der Waals surface area contributed by atoms with Crippen molar-refractivity contribution in [2.45, 2.75) is 18.6 Å². The molecular weight excluding hydrogens is 427 g/mol. The Morgan fingerprint density at radius 1 is 1.23 bits per heavy atom. The Kier molecular flexibility index (Phi) is 9.67. The van der Waals surface area contributed by atoms with Crippen LogP contribution in [0.15, 0.2) is 22.7 Å². The Labute approximate surface area is 153 Å². The molecule has 2 rings (SSSR count). The maximum atomic E-state index is 12.9. The summed E-state index contributed by atoms with van der Waals surface area (Å²) in [6.07, 6.45) is -5.05. The molecule has 0 radical (unpaired) electrons. The van der Waals surface area contributed by atoms with Gasteiger partial charge in [-0.05, 0) is 17.7 Å². The number of nitrogens with one attached hydrogen (secondary N) is 1. The lowest BCUT2D eigenvalue weighted by Crippen LogP contribution is -2.46. The fraction of sp³-hybridized carbons (Fsp3) is 0.538. The van der Waals surface area contributed by atoms with Crippen LogP contribution in [-0.2, 0) is 0 Å². The smallest absolute Gasteiger partial charge is 0.314 e. The molecule has 22 heavy (non-hydrogen) atoms. The second-order valence-electron chi connectivity index (χ2n) is 4.79. The zero-order valence-electron chi connectivity index (χ0n) is 11.5. The number of nitrogens with zero attached hydrogens (tertiary/aromatic N) is 1. The van der Waals surface area contributed by atoms with Crippen LogP contribution in [0.25, 0.3) is 0 Å². The van der Waals surface area contributed by atoms with E-state index in [0.717, 1.165) is 0 Å². The molecule has 0 saturated carbocycles. The first-order valence-electron chi connectivity index (χ1n) is 6.33. The first kappa shape index (κ1) is 22.3. The Morgan fingerprint density at radius 2 is 1.82 bits per heavy atom. The summed E-state index contributed by atoms with van der Waals surface area (Å²) < 4.78 is 39.2. The van der Waals surface area contributed by atoms with Crippen molar-refractivity contribution < 1.29 is 13.2 Å². The zero-order chi connectivity index (χ0) is 14.8. The van der Waals surface area contributed by atoms with E-state index < -0.39 is 18.6 Å². The predicted octanol–water partition coefficient (Wildman–Crippen LogP) is 4.84. The van der Waals surface area contributed by atoms with E-state index in [0.29, 0.717) is 41.2 Å². The second kappa shape index (κ2) is 9.55. The molecular formula is C13H17BrCl3F3N2. The standard InChI is InChI=1S/C13H15BrClF3N2.2ClH/c14-11-7-9(15)1-2-10(11)12(8-13(16,17)18)20-5-3-19-4-6-20;;/h1-2,7,12,19H,3-6,8H2;2*1H/t12-;;/m1../s1. The summed E-state index contributed by atoms with van der Waals surface area (Å²) in [7, 11) is 0. The lowest BCUT2D eigenvalue weighted by Gasteiger charge is -2.36. The lowest BCUT2D eigenvalue weighted by atomic mass is 10.0. The van der Waals surface area contributed by atoms with Crippen LogP contribution in [0.2, 0.25) is 5.02 Å². The summed E-state index contributed by atoms with van der Waals surface area (Å²) in [6, 6.07) is 4.27. The number of rotatable bonds is 3. The summed E-state index contributed by atoms with van der Waals surface area (Å²) in [5.74, 6) is 0. The minimum absolute atomic E-state index is 0. The van der Waals surface area contributed by atoms with Crippen molar-refractivity contribution in [1.82, 2.24) is 10.2 Å². The first-order valence-corrected chi connectivity index (χ1v) is 7.50. The van der Waals surface area contributed by atoms with Gasteiger partial charge in [0.05, 0.1) is 6.42 Å². The lowest BCUT2D eigenvalue weighted by molar-refractivity contribution is -0.148. The van der Waals surface area contributed by atoms with E-state index in [9.17, 15) is 13.2 Å². The first-order chi connectivity index (χ1) is 9.37. The number of benzene rings is 1. The Morgan fingerprint density at radius 3 is 2.32 bits per heavy atom. The maximum absolute atomic E-state index is 12.9. The third-order valence-electron chi connectivity index (χ3n) is 3.34. The van der Waals surface area contributed by atoms with Gasteiger partial charge in [-0.1, -0.05) is 33.6 Å². The predicted molar refractivity (Wildman–Crippen MR) is 91.5 cm³/mol. The fourth-order valence-electron chi connectivity index (χ4n) is 2.42. The van der Waals surface area contributed by atoms with Crippen molar-refractivity contribution in [3.63, 3.8) is 0 Å². The van der Waals surface area contributed by atoms with E-state index >= 15 is 0 Å². The van der Waals surface area contributed by atoms with Crippen LogP contribution in [-0.4, -0.2) is 37.3 Å². The van der Waals surface area contributed by atoms with Crippen LogP contribution in [0.4, 0.5) is 13.2 Å². The molecule has 1 N–H and O–H groups in total. The molecule has 1 aromatic rings. The minimum Gasteiger partial charge on any atom is -0.314 e. The van der Waals surface area contributed by atoms with Gasteiger partial charge >= 0.3 is 6.18 Å². The molecule has 1 saturated heterocycles. The van der Waals surface area contributed by atoms with E-state index in [2.05, 4.69) is 21.2 Å². The van der Waals surface area contributed by atoms with Gasteiger partial charge in [-0.15, -0.1) is 24.8 Å². The highest BCUT2D eigenvalue weighted by molar-refractivity contribution is 9.10. The molecule has 0 aromatic heterocycles. The molecule has 0 bridgehead atoms.